The van der Waals surface area contributed by atoms with Crippen LogP contribution in [0.15, 0.2) is 42.6 Å². The second-order valence-electron chi connectivity index (χ2n) is 8.08. The maximum Gasteiger partial charge on any atom is 0.417 e. The Labute approximate surface area is 182 Å². The fourth-order valence-electron chi connectivity index (χ4n) is 2.86. The van der Waals surface area contributed by atoms with E-state index in [1.54, 1.807) is 20.8 Å². The fourth-order valence-corrected chi connectivity index (χ4v) is 2.86. The molecule has 0 bridgehead atoms. The quantitative estimate of drug-likeness (QED) is 0.644. The van der Waals surface area contributed by atoms with Gasteiger partial charge in [0, 0.05) is 18.8 Å². The number of halogens is 3. The molecule has 170 valence electrons. The van der Waals surface area contributed by atoms with Gasteiger partial charge < -0.3 is 9.64 Å². The van der Waals surface area contributed by atoms with E-state index in [9.17, 15) is 22.8 Å². The van der Waals surface area contributed by atoms with E-state index in [-0.39, 0.29) is 23.6 Å². The van der Waals surface area contributed by atoms with E-state index in [1.807, 2.05) is 0 Å². The summed E-state index contributed by atoms with van der Waals surface area (Å²) in [7, 11) is 1.41. The van der Waals surface area contributed by atoms with Crippen LogP contribution in [0.25, 0.3) is 16.8 Å². The summed E-state index contributed by atoms with van der Waals surface area (Å²) in [5.41, 5.74) is -0.847. The van der Waals surface area contributed by atoms with Gasteiger partial charge in [0.15, 0.2) is 5.65 Å². The fraction of sp³-hybridized carbons (Fsp3) is 0.333. The average molecular weight is 449 g/mol. The van der Waals surface area contributed by atoms with Crippen molar-refractivity contribution in [2.24, 2.45) is 0 Å². The van der Waals surface area contributed by atoms with Crippen molar-refractivity contribution in [1.29, 1.82) is 0 Å². The predicted octanol–water partition coefficient (Wildman–Crippen LogP) is 4.22. The molecule has 2 heterocycles. The lowest BCUT2D eigenvalue weighted by molar-refractivity contribution is -0.137. The van der Waals surface area contributed by atoms with Crippen LogP contribution >= 0.6 is 0 Å². The van der Waals surface area contributed by atoms with E-state index in [0.29, 0.717) is 5.65 Å². The number of benzene rings is 1. The van der Waals surface area contributed by atoms with Gasteiger partial charge in [-0.25, -0.2) is 9.31 Å². The Morgan fingerprint density at radius 2 is 1.81 bits per heavy atom. The summed E-state index contributed by atoms with van der Waals surface area (Å²) in [5.74, 6) is -0.606. The molecule has 0 aliphatic heterocycles. The number of alkyl halides is 3. The summed E-state index contributed by atoms with van der Waals surface area (Å²) in [6.45, 7) is 4.83. The number of pyridine rings is 1. The van der Waals surface area contributed by atoms with Crippen LogP contribution in [0.3, 0.4) is 0 Å². The zero-order chi connectivity index (χ0) is 23.7. The molecule has 0 unspecified atom stereocenters. The number of aromatic nitrogens is 3. The maximum atomic E-state index is 13.3. The molecule has 0 spiro atoms. The molecule has 1 aromatic carbocycles. The Hall–Kier alpha value is -3.63. The summed E-state index contributed by atoms with van der Waals surface area (Å²) < 4.78 is 46.4. The Balaban J connectivity index is 1.76. The van der Waals surface area contributed by atoms with E-state index in [4.69, 9.17) is 4.74 Å². The lowest BCUT2D eigenvalue weighted by Gasteiger charge is -2.24. The minimum absolute atomic E-state index is 0.00183. The molecule has 0 saturated carbocycles. The molecule has 0 radical (unpaired) electrons. The van der Waals surface area contributed by atoms with Gasteiger partial charge in [-0.3, -0.25) is 10.1 Å². The van der Waals surface area contributed by atoms with Crippen LogP contribution in [-0.4, -0.2) is 50.7 Å². The molecule has 1 N–H and O–H groups in total. The second kappa shape index (κ2) is 8.48. The number of carbonyl (C=O) groups excluding carboxylic acids is 2. The van der Waals surface area contributed by atoms with Gasteiger partial charge in [0.1, 0.15) is 12.1 Å². The third-order valence-electron chi connectivity index (χ3n) is 4.21. The topological polar surface area (TPSA) is 88.8 Å². The Bertz CT molecular complexity index is 1150. The number of anilines is 1. The number of nitrogens with zero attached hydrogens (tertiary/aromatic N) is 4. The molecular weight excluding hydrogens is 427 g/mol. The highest BCUT2D eigenvalue weighted by molar-refractivity contribution is 5.92. The van der Waals surface area contributed by atoms with Crippen LogP contribution in [-0.2, 0) is 15.7 Å². The Kier molecular flexibility index (Phi) is 6.11. The van der Waals surface area contributed by atoms with E-state index in [2.05, 4.69) is 15.4 Å². The van der Waals surface area contributed by atoms with Crippen molar-refractivity contribution in [1.82, 2.24) is 19.5 Å². The molecule has 3 rings (SSSR count). The first kappa shape index (κ1) is 23.0. The molecule has 0 aliphatic rings. The van der Waals surface area contributed by atoms with Gasteiger partial charge >= 0.3 is 12.3 Å². The number of hydrogen-bond acceptors (Lipinski definition) is 5. The highest BCUT2D eigenvalue weighted by Gasteiger charge is 2.33. The molecule has 2 amide bonds. The van der Waals surface area contributed by atoms with Gasteiger partial charge in [-0.15, -0.1) is 5.10 Å². The number of carbonyl (C=O) groups is 2. The summed E-state index contributed by atoms with van der Waals surface area (Å²) in [6.07, 6.45) is -3.77. The number of hydrogen-bond donors (Lipinski definition) is 1. The zero-order valence-electron chi connectivity index (χ0n) is 17.9. The summed E-state index contributed by atoms with van der Waals surface area (Å²) in [6, 6.07) is 8.21. The third kappa shape index (κ3) is 5.54. The van der Waals surface area contributed by atoms with Crippen LogP contribution in [0.1, 0.15) is 26.3 Å². The molecule has 0 atom stereocenters. The molecule has 2 aromatic heterocycles. The van der Waals surface area contributed by atoms with Crippen molar-refractivity contribution in [3.05, 3.63) is 48.2 Å². The summed E-state index contributed by atoms with van der Waals surface area (Å²) >= 11 is 0. The van der Waals surface area contributed by atoms with Crippen molar-refractivity contribution in [3.63, 3.8) is 0 Å². The third-order valence-corrected chi connectivity index (χ3v) is 4.21. The Morgan fingerprint density at radius 1 is 1.12 bits per heavy atom. The molecule has 0 saturated heterocycles. The molecule has 3 aromatic rings. The standard InChI is InChI=1S/C21H22F3N5O3/c1-20(2,3)32-19(31)28(4)12-17(30)26-18-25-16-10-9-13(11-29(16)27-18)14-7-5-6-8-15(14)21(22,23)24/h5-11H,12H2,1-4H3,(H,26,27,30). The second-order valence-corrected chi connectivity index (χ2v) is 8.08. The zero-order valence-corrected chi connectivity index (χ0v) is 17.9. The maximum absolute atomic E-state index is 13.3. The first-order chi connectivity index (χ1) is 14.8. The number of fused-ring (bicyclic) bond motifs is 1. The minimum Gasteiger partial charge on any atom is -0.444 e. The molecule has 11 heteroatoms. The largest absolute Gasteiger partial charge is 0.444 e. The number of ether oxygens (including phenoxy) is 1. The monoisotopic (exact) mass is 449 g/mol. The molecular formula is C21H22F3N5O3. The molecule has 32 heavy (non-hydrogen) atoms. The van der Waals surface area contributed by atoms with Crippen LogP contribution in [0.5, 0.6) is 0 Å². The number of amides is 2. The van der Waals surface area contributed by atoms with E-state index < -0.39 is 29.3 Å². The number of nitrogens with one attached hydrogen (secondary N) is 1. The van der Waals surface area contributed by atoms with Crippen molar-refractivity contribution in [2.75, 3.05) is 18.9 Å². The smallest absolute Gasteiger partial charge is 0.417 e. The van der Waals surface area contributed by atoms with E-state index in [0.717, 1.165) is 11.0 Å². The van der Waals surface area contributed by atoms with Gasteiger partial charge in [-0.1, -0.05) is 18.2 Å². The summed E-state index contributed by atoms with van der Waals surface area (Å²) in [5, 5.41) is 6.56. The first-order valence-corrected chi connectivity index (χ1v) is 9.60. The highest BCUT2D eigenvalue weighted by atomic mass is 19.4. The van der Waals surface area contributed by atoms with Gasteiger partial charge in [0.05, 0.1) is 5.56 Å². The highest BCUT2D eigenvalue weighted by Crippen LogP contribution is 2.36. The molecule has 8 nitrogen and oxygen atoms in total. The SMILES string of the molecule is CN(CC(=O)Nc1nc2ccc(-c3ccccc3C(F)(F)F)cn2n1)C(=O)OC(C)(C)C. The molecule has 0 aliphatic carbocycles. The molecule has 0 fully saturated rings. The van der Waals surface area contributed by atoms with Crippen LogP contribution < -0.4 is 5.32 Å². The minimum atomic E-state index is -4.51. The van der Waals surface area contributed by atoms with Crippen LogP contribution in [0.4, 0.5) is 23.9 Å². The number of likely N-dealkylation sites (N-methyl/N-ethyl adjacent to an activating group) is 1. The van der Waals surface area contributed by atoms with E-state index in [1.165, 1.54) is 48.1 Å². The van der Waals surface area contributed by atoms with Gasteiger partial charge in [0.25, 0.3) is 0 Å². The number of rotatable bonds is 4. The van der Waals surface area contributed by atoms with Crippen molar-refractivity contribution >= 4 is 23.6 Å². The van der Waals surface area contributed by atoms with Gasteiger partial charge in [-0.05, 0) is 44.5 Å². The lowest BCUT2D eigenvalue weighted by atomic mass is 10.0. The van der Waals surface area contributed by atoms with Crippen molar-refractivity contribution in [2.45, 2.75) is 32.5 Å². The summed E-state index contributed by atoms with van der Waals surface area (Å²) in [4.78, 5) is 29.4. The van der Waals surface area contributed by atoms with Gasteiger partial charge in [-0.2, -0.15) is 18.2 Å². The van der Waals surface area contributed by atoms with Crippen LogP contribution in [0, 0.1) is 0 Å². The van der Waals surface area contributed by atoms with Gasteiger partial charge in [0.2, 0.25) is 11.9 Å². The van der Waals surface area contributed by atoms with Crippen LogP contribution in [0.2, 0.25) is 0 Å². The van der Waals surface area contributed by atoms with Crippen molar-refractivity contribution in [3.8, 4) is 11.1 Å². The first-order valence-electron chi connectivity index (χ1n) is 9.60. The lowest BCUT2D eigenvalue weighted by Crippen LogP contribution is -2.38. The van der Waals surface area contributed by atoms with E-state index >= 15 is 0 Å². The average Bonchev–Trinajstić information content (AvgIpc) is 3.07. The van der Waals surface area contributed by atoms with Crippen molar-refractivity contribution < 1.29 is 27.5 Å². The predicted molar refractivity (Wildman–Crippen MR) is 111 cm³/mol. The Morgan fingerprint density at radius 3 is 2.47 bits per heavy atom. The normalized spacial score (nSPS) is 12.0.